The summed E-state index contributed by atoms with van der Waals surface area (Å²) in [4.78, 5) is 0. The number of benzene rings is 8. The van der Waals surface area contributed by atoms with Crippen LogP contribution in [0.4, 0.5) is 0 Å². The summed E-state index contributed by atoms with van der Waals surface area (Å²) in [6.45, 7) is 0. The van der Waals surface area contributed by atoms with E-state index >= 15 is 0 Å². The molecule has 0 N–H and O–H groups in total. The number of hydrogen-bond acceptors (Lipinski definition) is 1. The van der Waals surface area contributed by atoms with Crippen molar-refractivity contribution in [2.24, 2.45) is 0 Å². The minimum atomic E-state index is -0.430. The van der Waals surface area contributed by atoms with Crippen LogP contribution in [-0.2, 0) is 0 Å². The third-order valence-electron chi connectivity index (χ3n) is 8.76. The van der Waals surface area contributed by atoms with Crippen molar-refractivity contribution < 1.29 is 11.3 Å². The number of para-hydroxylation sites is 1. The van der Waals surface area contributed by atoms with E-state index in [1.165, 1.54) is 0 Å². The lowest BCUT2D eigenvalue weighted by molar-refractivity contribution is 0.670. The Bertz CT molecular complexity index is 2730. The first-order chi connectivity index (χ1) is 24.4. The van der Waals surface area contributed by atoms with E-state index in [1.54, 1.807) is 0 Å². The van der Waals surface area contributed by atoms with E-state index in [0.29, 0.717) is 16.7 Å². The van der Waals surface area contributed by atoms with Gasteiger partial charge < -0.3 is 4.42 Å². The van der Waals surface area contributed by atoms with Gasteiger partial charge in [-0.2, -0.15) is 0 Å². The van der Waals surface area contributed by atoms with E-state index in [-0.39, 0.29) is 29.7 Å². The van der Waals surface area contributed by atoms with Gasteiger partial charge in [-0.05, 0) is 78.7 Å². The van der Waals surface area contributed by atoms with Gasteiger partial charge in [0.1, 0.15) is 11.2 Å². The second-order valence-electron chi connectivity index (χ2n) is 11.3. The van der Waals surface area contributed by atoms with Crippen molar-refractivity contribution in [1.82, 2.24) is 0 Å². The first-order valence-corrected chi connectivity index (χ1v) is 15.0. The molecule has 1 heteroatoms. The van der Waals surface area contributed by atoms with Crippen molar-refractivity contribution in [2.75, 3.05) is 0 Å². The molecule has 0 radical (unpaired) electrons. The van der Waals surface area contributed by atoms with Crippen molar-refractivity contribution in [3.05, 3.63) is 170 Å². The standard InChI is InChI=1S/C44H28O/c1-3-14-29(15-4-1)31-18-13-19-32(28-31)41-34-21-7-9-23-36(34)43(37-24-10-8-22-35(37)41)39-27-26-38-33-20-11-12-25-40(33)45-44(38)42(39)30-16-5-2-6-17-30/h1-28H/i2D,5D,6D,16D,17D. The fraction of sp³-hybridized carbons (Fsp3) is 0. The molecule has 0 aliphatic heterocycles. The summed E-state index contributed by atoms with van der Waals surface area (Å²) in [6.07, 6.45) is 0. The second kappa shape index (κ2) is 10.4. The lowest BCUT2D eigenvalue weighted by atomic mass is 9.83. The van der Waals surface area contributed by atoms with Crippen molar-refractivity contribution >= 4 is 43.5 Å². The first-order valence-electron chi connectivity index (χ1n) is 17.5. The molecule has 0 saturated heterocycles. The van der Waals surface area contributed by atoms with Crippen LogP contribution in [0.25, 0.3) is 88.0 Å². The molecular formula is C44H28O. The molecule has 1 nitrogen and oxygen atoms in total. The van der Waals surface area contributed by atoms with Crippen LogP contribution >= 0.6 is 0 Å². The van der Waals surface area contributed by atoms with Crippen LogP contribution < -0.4 is 0 Å². The van der Waals surface area contributed by atoms with Gasteiger partial charge in [0.15, 0.2) is 0 Å². The molecular weight excluding hydrogens is 544 g/mol. The average molecular weight is 578 g/mol. The van der Waals surface area contributed by atoms with Gasteiger partial charge in [0, 0.05) is 16.3 Å². The van der Waals surface area contributed by atoms with E-state index in [4.69, 9.17) is 11.3 Å². The highest BCUT2D eigenvalue weighted by Crippen LogP contribution is 2.49. The molecule has 1 aromatic heterocycles. The Labute approximate surface area is 268 Å². The maximum atomic E-state index is 9.09. The zero-order valence-corrected chi connectivity index (χ0v) is 24.2. The highest BCUT2D eigenvalue weighted by molar-refractivity contribution is 6.24. The van der Waals surface area contributed by atoms with Crippen LogP contribution in [0.2, 0.25) is 0 Å². The summed E-state index contributed by atoms with van der Waals surface area (Å²) in [5, 5.41) is 5.76. The predicted octanol–water partition coefficient (Wildman–Crippen LogP) is 12.6. The monoisotopic (exact) mass is 577 g/mol. The topological polar surface area (TPSA) is 13.1 Å². The maximum absolute atomic E-state index is 9.09. The van der Waals surface area contributed by atoms with Crippen LogP contribution in [0.1, 0.15) is 6.85 Å². The molecule has 0 bridgehead atoms. The summed E-state index contributed by atoms with van der Waals surface area (Å²) in [5.41, 5.74) is 7.83. The minimum absolute atomic E-state index is 0.114. The van der Waals surface area contributed by atoms with Gasteiger partial charge in [-0.3, -0.25) is 0 Å². The average Bonchev–Trinajstić information content (AvgIpc) is 3.55. The fourth-order valence-corrected chi connectivity index (χ4v) is 6.83. The highest BCUT2D eigenvalue weighted by atomic mass is 16.3. The molecule has 0 aliphatic carbocycles. The number of rotatable bonds is 4. The Morgan fingerprint density at radius 1 is 0.378 bits per heavy atom. The number of fused-ring (bicyclic) bond motifs is 5. The molecule has 210 valence electrons. The molecule has 9 rings (SSSR count). The van der Waals surface area contributed by atoms with Gasteiger partial charge >= 0.3 is 0 Å². The van der Waals surface area contributed by atoms with Crippen molar-refractivity contribution in [3.63, 3.8) is 0 Å². The normalized spacial score (nSPS) is 13.1. The van der Waals surface area contributed by atoms with E-state index in [2.05, 4.69) is 60.7 Å². The van der Waals surface area contributed by atoms with Crippen LogP contribution in [-0.4, -0.2) is 0 Å². The quantitative estimate of drug-likeness (QED) is 0.190. The van der Waals surface area contributed by atoms with Gasteiger partial charge in [-0.1, -0.05) is 152 Å². The zero-order valence-electron chi connectivity index (χ0n) is 29.2. The van der Waals surface area contributed by atoms with E-state index < -0.39 is 6.04 Å². The molecule has 0 saturated carbocycles. The molecule has 1 heterocycles. The Hall–Kier alpha value is -5.92. The van der Waals surface area contributed by atoms with Crippen LogP contribution in [0.15, 0.2) is 174 Å². The van der Waals surface area contributed by atoms with Gasteiger partial charge in [0.2, 0.25) is 0 Å². The molecule has 0 fully saturated rings. The van der Waals surface area contributed by atoms with Gasteiger partial charge in [0.05, 0.1) is 6.85 Å². The summed E-state index contributed by atoms with van der Waals surface area (Å²) in [5.74, 6) is 0. The molecule has 0 atom stereocenters. The Morgan fingerprint density at radius 3 is 1.67 bits per heavy atom. The SMILES string of the molecule is [2H]c1c([2H])c([2H])c(-c2c(-c3c4ccccc4c(-c4cccc(-c5ccccc5)c4)c4ccccc34)ccc3c2oc2ccccc23)c([2H])c1[2H]. The highest BCUT2D eigenvalue weighted by Gasteiger charge is 2.22. The lowest BCUT2D eigenvalue weighted by Gasteiger charge is -2.20. The Balaban J connectivity index is 1.44. The molecule has 45 heavy (non-hydrogen) atoms. The fourth-order valence-electron chi connectivity index (χ4n) is 6.83. The van der Waals surface area contributed by atoms with E-state index in [9.17, 15) is 0 Å². The molecule has 0 amide bonds. The van der Waals surface area contributed by atoms with Gasteiger partial charge in [-0.15, -0.1) is 0 Å². The molecule has 9 aromatic rings. The van der Waals surface area contributed by atoms with Crippen molar-refractivity contribution in [1.29, 1.82) is 0 Å². The van der Waals surface area contributed by atoms with Crippen molar-refractivity contribution in [3.8, 4) is 44.5 Å². The molecule has 0 spiro atoms. The zero-order chi connectivity index (χ0) is 34.1. The van der Waals surface area contributed by atoms with Crippen molar-refractivity contribution in [2.45, 2.75) is 0 Å². The summed E-state index contributed by atoms with van der Waals surface area (Å²) in [6, 6.07) is 45.6. The number of furan rings is 1. The third kappa shape index (κ3) is 4.09. The summed E-state index contributed by atoms with van der Waals surface area (Å²) in [7, 11) is 0. The molecule has 8 aromatic carbocycles. The summed E-state index contributed by atoms with van der Waals surface area (Å²) < 4.78 is 50.3. The Morgan fingerprint density at radius 2 is 0.956 bits per heavy atom. The minimum Gasteiger partial charge on any atom is -0.455 e. The van der Waals surface area contributed by atoms with Crippen LogP contribution in [0, 0.1) is 0 Å². The molecule has 0 aliphatic rings. The van der Waals surface area contributed by atoms with Crippen LogP contribution in [0.3, 0.4) is 0 Å². The maximum Gasteiger partial charge on any atom is 0.143 e. The third-order valence-corrected chi connectivity index (χ3v) is 8.76. The van der Waals surface area contributed by atoms with E-state index in [0.717, 1.165) is 65.7 Å². The smallest absolute Gasteiger partial charge is 0.143 e. The second-order valence-corrected chi connectivity index (χ2v) is 11.3. The largest absolute Gasteiger partial charge is 0.455 e. The van der Waals surface area contributed by atoms with Gasteiger partial charge in [-0.25, -0.2) is 0 Å². The Kier molecular flexibility index (Phi) is 4.81. The van der Waals surface area contributed by atoms with Crippen LogP contribution in [0.5, 0.6) is 0 Å². The van der Waals surface area contributed by atoms with Gasteiger partial charge in [0.25, 0.3) is 0 Å². The lowest BCUT2D eigenvalue weighted by Crippen LogP contribution is -1.93. The van der Waals surface area contributed by atoms with E-state index in [1.807, 2.05) is 78.9 Å². The molecule has 0 unspecified atom stereocenters. The summed E-state index contributed by atoms with van der Waals surface area (Å²) >= 11 is 0. The first kappa shape index (κ1) is 20.9. The number of hydrogen-bond donors (Lipinski definition) is 0. The predicted molar refractivity (Wildman–Crippen MR) is 190 cm³/mol.